The third kappa shape index (κ3) is 983. The molecule has 5 nitrogen and oxygen atoms in total. The molecular weight excluding hydrogens is 176 g/mol. The number of hydrogen-bond acceptors (Lipinski definition) is 5. The molecule has 1 N–H and O–H groups in total. The van der Waals surface area contributed by atoms with Gasteiger partial charge in [-0.1, -0.05) is 0 Å². The largest absolute Gasteiger partial charge is 1.00 e. The molecule has 0 spiro atoms. The van der Waals surface area contributed by atoms with Crippen LogP contribution in [0.5, 0.6) is 0 Å². The SMILES string of the molecule is O=S(=O)([O-])[O-].[Cu+].[OH-]. The molecule has 0 aliphatic carbocycles. The fraction of sp³-hybridized carbons (Fsp3) is 0. The van der Waals surface area contributed by atoms with E-state index >= 15 is 0 Å². The van der Waals surface area contributed by atoms with Crippen LogP contribution in [0.25, 0.3) is 0 Å². The zero-order valence-electron chi connectivity index (χ0n) is 2.79. The molecule has 0 rings (SSSR count). The molecule has 0 bridgehead atoms. The Morgan fingerprint density at radius 3 is 1.14 bits per heavy atom. The van der Waals surface area contributed by atoms with Gasteiger partial charge in [0.25, 0.3) is 0 Å². The van der Waals surface area contributed by atoms with E-state index in [0.717, 1.165) is 0 Å². The molecule has 7 heavy (non-hydrogen) atoms. The molecule has 0 fully saturated rings. The first kappa shape index (κ1) is 15.7. The van der Waals surface area contributed by atoms with Crippen LogP contribution in [0, 0.1) is 0 Å². The maximum absolute atomic E-state index is 8.52. The summed E-state index contributed by atoms with van der Waals surface area (Å²) >= 11 is 0. The van der Waals surface area contributed by atoms with Crippen molar-refractivity contribution < 1.29 is 40.1 Å². The topological polar surface area (TPSA) is 110 Å². The monoisotopic (exact) mass is 176 g/mol. The molecule has 0 unspecified atom stereocenters. The van der Waals surface area contributed by atoms with Crippen molar-refractivity contribution in [1.29, 1.82) is 0 Å². The van der Waals surface area contributed by atoms with Gasteiger partial charge in [-0.3, -0.25) is 8.42 Å². The quantitative estimate of drug-likeness (QED) is 0.253. The molecule has 0 atom stereocenters. The van der Waals surface area contributed by atoms with Crippen LogP contribution >= 0.6 is 0 Å². The smallest absolute Gasteiger partial charge is 0.870 e. The molecule has 0 aromatic heterocycles. The fourth-order valence-electron chi connectivity index (χ4n) is 0. The molecule has 0 amide bonds. The Kier molecular flexibility index (Phi) is 10.1. The summed E-state index contributed by atoms with van der Waals surface area (Å²) in [6.07, 6.45) is 0. The first-order valence-corrected chi connectivity index (χ1v) is 2.00. The molecule has 7 heteroatoms. The first-order chi connectivity index (χ1) is 2.00. The van der Waals surface area contributed by atoms with Crippen LogP contribution in [0.2, 0.25) is 0 Å². The minimum atomic E-state index is -5.17. The van der Waals surface area contributed by atoms with Gasteiger partial charge in [-0.2, -0.15) is 0 Å². The van der Waals surface area contributed by atoms with Crippen molar-refractivity contribution in [2.45, 2.75) is 0 Å². The van der Waals surface area contributed by atoms with E-state index in [1.54, 1.807) is 0 Å². The molecule has 0 aromatic rings. The van der Waals surface area contributed by atoms with Gasteiger partial charge in [-0.25, -0.2) is 0 Å². The van der Waals surface area contributed by atoms with Gasteiger partial charge in [-0.15, -0.1) is 0 Å². The van der Waals surface area contributed by atoms with Crippen LogP contribution < -0.4 is 0 Å². The summed E-state index contributed by atoms with van der Waals surface area (Å²) in [6.45, 7) is 0. The van der Waals surface area contributed by atoms with Crippen LogP contribution in [0.3, 0.4) is 0 Å². The van der Waals surface area contributed by atoms with Crippen LogP contribution in [-0.2, 0) is 27.5 Å². The van der Waals surface area contributed by atoms with Crippen LogP contribution in [0.15, 0.2) is 0 Å². The van der Waals surface area contributed by atoms with Crippen molar-refractivity contribution in [3.8, 4) is 0 Å². The Balaban J connectivity index is -0.0000000800. The Bertz CT molecular complexity index is 91.2. The molecule has 0 radical (unpaired) electrons. The second kappa shape index (κ2) is 4.51. The molecule has 0 aliphatic heterocycles. The van der Waals surface area contributed by atoms with E-state index in [1.807, 2.05) is 0 Å². The van der Waals surface area contributed by atoms with Crippen LogP contribution in [0.4, 0.5) is 0 Å². The van der Waals surface area contributed by atoms with Crippen molar-refractivity contribution in [3.05, 3.63) is 0 Å². The van der Waals surface area contributed by atoms with Crippen molar-refractivity contribution in [2.24, 2.45) is 0 Å². The summed E-state index contributed by atoms with van der Waals surface area (Å²) in [5, 5.41) is 0. The van der Waals surface area contributed by atoms with E-state index in [0.29, 0.717) is 0 Å². The molecule has 0 aliphatic rings. The minimum Gasteiger partial charge on any atom is -0.870 e. The summed E-state index contributed by atoms with van der Waals surface area (Å²) < 4.78 is 34.1. The maximum atomic E-state index is 8.52. The van der Waals surface area contributed by atoms with Crippen molar-refractivity contribution in [3.63, 3.8) is 0 Å². The van der Waals surface area contributed by atoms with E-state index in [-0.39, 0.29) is 22.5 Å². The Labute approximate surface area is 51.1 Å². The second-order valence-corrected chi connectivity index (χ2v) is 1.22. The van der Waals surface area contributed by atoms with E-state index in [9.17, 15) is 0 Å². The van der Waals surface area contributed by atoms with Gasteiger partial charge in [0.2, 0.25) is 0 Å². The molecule has 0 heterocycles. The van der Waals surface area contributed by atoms with Gasteiger partial charge in [0.1, 0.15) is 0 Å². The van der Waals surface area contributed by atoms with E-state index in [4.69, 9.17) is 17.5 Å². The molecule has 0 saturated heterocycles. The third-order valence-corrected chi connectivity index (χ3v) is 0. The predicted molar refractivity (Wildman–Crippen MR) is 12.4 cm³/mol. The van der Waals surface area contributed by atoms with Gasteiger partial charge < -0.3 is 14.6 Å². The van der Waals surface area contributed by atoms with Crippen LogP contribution in [0.1, 0.15) is 0 Å². The standard InChI is InChI=1S/Cu.H2O4S.H2O/c;1-5(2,3)4;/h;(H2,1,2,3,4);1H2/q+1;;/p-3. The Morgan fingerprint density at radius 2 is 1.14 bits per heavy atom. The van der Waals surface area contributed by atoms with Crippen molar-refractivity contribution in [2.75, 3.05) is 0 Å². The van der Waals surface area contributed by atoms with E-state index in [1.165, 1.54) is 0 Å². The van der Waals surface area contributed by atoms with Crippen molar-refractivity contribution in [1.82, 2.24) is 0 Å². The first-order valence-electron chi connectivity index (χ1n) is 0.667. The molecule has 0 saturated carbocycles. The maximum Gasteiger partial charge on any atom is 1.00 e. The fourth-order valence-corrected chi connectivity index (χ4v) is 0. The average molecular weight is 177 g/mol. The zero-order chi connectivity index (χ0) is 4.50. The number of rotatable bonds is 0. The van der Waals surface area contributed by atoms with E-state index in [2.05, 4.69) is 0 Å². The summed E-state index contributed by atoms with van der Waals surface area (Å²) in [6, 6.07) is 0. The summed E-state index contributed by atoms with van der Waals surface area (Å²) in [5.74, 6) is 0. The molecule has 0 aromatic carbocycles. The number of hydrogen-bond donors (Lipinski definition) is 0. The van der Waals surface area contributed by atoms with Crippen molar-refractivity contribution >= 4 is 10.4 Å². The van der Waals surface area contributed by atoms with Crippen LogP contribution in [-0.4, -0.2) is 23.0 Å². The molecule has 50 valence electrons. The summed E-state index contributed by atoms with van der Waals surface area (Å²) in [4.78, 5) is 0. The van der Waals surface area contributed by atoms with Gasteiger partial charge in [0, 0.05) is 10.4 Å². The van der Waals surface area contributed by atoms with Gasteiger partial charge in [-0.05, 0) is 0 Å². The predicted octanol–water partition coefficient (Wildman–Crippen LogP) is -1.52. The average Bonchev–Trinajstić information content (AvgIpc) is 0.722. The zero-order valence-corrected chi connectivity index (χ0v) is 4.55. The Morgan fingerprint density at radius 1 is 1.14 bits per heavy atom. The van der Waals surface area contributed by atoms with Gasteiger partial charge >= 0.3 is 17.1 Å². The normalized spacial score (nSPS) is 8.29. The van der Waals surface area contributed by atoms with E-state index < -0.39 is 10.4 Å². The Hall–Kier alpha value is 0.349. The second-order valence-electron chi connectivity index (χ2n) is 0.408. The third-order valence-electron chi connectivity index (χ3n) is 0. The van der Waals surface area contributed by atoms with Gasteiger partial charge in [0.05, 0.1) is 0 Å². The summed E-state index contributed by atoms with van der Waals surface area (Å²) in [7, 11) is -5.17. The van der Waals surface area contributed by atoms with Gasteiger partial charge in [0.15, 0.2) is 0 Å². The molecular formula is HCuO5S-2. The summed E-state index contributed by atoms with van der Waals surface area (Å²) in [5.41, 5.74) is 0. The minimum absolute atomic E-state index is 0.